The Kier molecular flexibility index (Phi) is 3.27. The van der Waals surface area contributed by atoms with Crippen molar-refractivity contribution in [2.75, 3.05) is 5.32 Å². The van der Waals surface area contributed by atoms with Crippen LogP contribution in [0.15, 0.2) is 48.3 Å². The van der Waals surface area contributed by atoms with E-state index in [0.29, 0.717) is 5.92 Å². The minimum Gasteiger partial charge on any atom is -0.377 e. The SMILES string of the molecule is CCC(C)c1c2c(cc3c1[nH]c1ccc(F)cc13)C1C=C(F)C=CC1N2. The number of anilines is 1. The van der Waals surface area contributed by atoms with Gasteiger partial charge in [0.2, 0.25) is 0 Å². The molecule has 2 heterocycles. The Morgan fingerprint density at radius 2 is 2.00 bits per heavy atom. The van der Waals surface area contributed by atoms with E-state index in [1.165, 1.54) is 17.7 Å². The molecule has 3 atom stereocenters. The Hall–Kier alpha value is -2.62. The van der Waals surface area contributed by atoms with E-state index < -0.39 is 0 Å². The first-order valence-corrected chi connectivity index (χ1v) is 9.16. The number of aromatic amines is 1. The maximum absolute atomic E-state index is 13.9. The number of halogens is 2. The van der Waals surface area contributed by atoms with Gasteiger partial charge in [-0.1, -0.05) is 19.9 Å². The molecule has 1 aromatic heterocycles. The molecule has 0 amide bonds. The van der Waals surface area contributed by atoms with Gasteiger partial charge in [-0.15, -0.1) is 0 Å². The summed E-state index contributed by atoms with van der Waals surface area (Å²) in [5.41, 5.74) is 5.40. The highest BCUT2D eigenvalue weighted by Crippen LogP contribution is 2.48. The van der Waals surface area contributed by atoms with Gasteiger partial charge < -0.3 is 10.3 Å². The van der Waals surface area contributed by atoms with Crippen LogP contribution in [-0.4, -0.2) is 11.0 Å². The normalized spacial score (nSPS) is 22.2. The largest absolute Gasteiger partial charge is 0.377 e. The number of H-pyrrole nitrogens is 1. The predicted molar refractivity (Wildman–Crippen MR) is 103 cm³/mol. The van der Waals surface area contributed by atoms with Crippen LogP contribution in [0.2, 0.25) is 0 Å². The Morgan fingerprint density at radius 1 is 1.15 bits per heavy atom. The second-order valence-electron chi connectivity index (χ2n) is 7.41. The molecule has 0 saturated carbocycles. The topological polar surface area (TPSA) is 27.8 Å². The minimum absolute atomic E-state index is 0.0271. The molecule has 0 radical (unpaired) electrons. The van der Waals surface area contributed by atoms with Crippen molar-refractivity contribution < 1.29 is 8.78 Å². The standard InChI is InChI=1S/C22H20F2N2/c1-3-11(2)20-21-16(14-8-12(23)4-6-18(14)25-21)10-17-15-9-13(24)5-7-19(15)26-22(17)20/h4-11,14,18,25-26H,3H2,1-2H3. The molecule has 0 saturated heterocycles. The summed E-state index contributed by atoms with van der Waals surface area (Å²) in [6.45, 7) is 4.37. The van der Waals surface area contributed by atoms with Crippen LogP contribution >= 0.6 is 0 Å². The number of hydrogen-bond acceptors (Lipinski definition) is 1. The van der Waals surface area contributed by atoms with Gasteiger partial charge in [-0.3, -0.25) is 0 Å². The first-order chi connectivity index (χ1) is 12.6. The van der Waals surface area contributed by atoms with Crippen molar-refractivity contribution in [3.8, 4) is 0 Å². The van der Waals surface area contributed by atoms with Crippen LogP contribution in [0.1, 0.15) is 43.2 Å². The molecule has 26 heavy (non-hydrogen) atoms. The quantitative estimate of drug-likeness (QED) is 0.560. The van der Waals surface area contributed by atoms with Gasteiger partial charge in [0.15, 0.2) is 0 Å². The van der Waals surface area contributed by atoms with Crippen molar-refractivity contribution in [3.05, 3.63) is 65.3 Å². The second kappa shape index (κ2) is 5.44. The number of rotatable bonds is 2. The summed E-state index contributed by atoms with van der Waals surface area (Å²) in [5, 5.41) is 5.49. The molecule has 4 heteroatoms. The monoisotopic (exact) mass is 350 g/mol. The van der Waals surface area contributed by atoms with Crippen LogP contribution in [-0.2, 0) is 0 Å². The molecule has 5 rings (SSSR count). The van der Waals surface area contributed by atoms with Crippen LogP contribution in [0.3, 0.4) is 0 Å². The first kappa shape index (κ1) is 15.6. The summed E-state index contributed by atoms with van der Waals surface area (Å²) >= 11 is 0. The molecule has 2 N–H and O–H groups in total. The van der Waals surface area contributed by atoms with Crippen molar-refractivity contribution in [1.82, 2.24) is 4.98 Å². The molecule has 0 bridgehead atoms. The van der Waals surface area contributed by atoms with E-state index in [1.54, 1.807) is 18.2 Å². The van der Waals surface area contributed by atoms with Gasteiger partial charge in [0.25, 0.3) is 0 Å². The fourth-order valence-electron chi connectivity index (χ4n) is 4.41. The van der Waals surface area contributed by atoms with Gasteiger partial charge in [-0.2, -0.15) is 0 Å². The van der Waals surface area contributed by atoms with E-state index in [0.717, 1.165) is 39.5 Å². The molecular formula is C22H20F2N2. The average molecular weight is 350 g/mol. The van der Waals surface area contributed by atoms with Crippen LogP contribution < -0.4 is 5.32 Å². The van der Waals surface area contributed by atoms with Crippen molar-refractivity contribution in [1.29, 1.82) is 0 Å². The Balaban J connectivity index is 1.87. The summed E-state index contributed by atoms with van der Waals surface area (Å²) < 4.78 is 27.8. The van der Waals surface area contributed by atoms with Gasteiger partial charge in [0.1, 0.15) is 11.6 Å². The number of hydrogen-bond donors (Lipinski definition) is 2. The fourth-order valence-corrected chi connectivity index (χ4v) is 4.41. The van der Waals surface area contributed by atoms with Crippen LogP contribution in [0.5, 0.6) is 0 Å². The molecule has 2 aromatic carbocycles. The van der Waals surface area contributed by atoms with Crippen molar-refractivity contribution in [3.63, 3.8) is 0 Å². The van der Waals surface area contributed by atoms with Crippen LogP contribution in [0.25, 0.3) is 21.8 Å². The molecule has 132 valence electrons. The van der Waals surface area contributed by atoms with E-state index in [1.807, 2.05) is 6.08 Å². The van der Waals surface area contributed by atoms with E-state index in [2.05, 4.69) is 30.2 Å². The third-order valence-corrected chi connectivity index (χ3v) is 5.89. The number of nitrogens with one attached hydrogen (secondary N) is 2. The van der Waals surface area contributed by atoms with E-state index in [4.69, 9.17) is 0 Å². The predicted octanol–water partition coefficient (Wildman–Crippen LogP) is 6.27. The van der Waals surface area contributed by atoms with Crippen molar-refractivity contribution in [2.24, 2.45) is 0 Å². The molecule has 3 aromatic rings. The van der Waals surface area contributed by atoms with Gasteiger partial charge in [-0.25, -0.2) is 8.78 Å². The van der Waals surface area contributed by atoms with E-state index in [-0.39, 0.29) is 23.6 Å². The molecule has 3 unspecified atom stereocenters. The number of benzene rings is 2. The summed E-state index contributed by atoms with van der Waals surface area (Å²) in [6, 6.07) is 7.02. The van der Waals surface area contributed by atoms with E-state index >= 15 is 0 Å². The van der Waals surface area contributed by atoms with Gasteiger partial charge in [-0.05, 0) is 54.3 Å². The Bertz CT molecular complexity index is 1110. The number of aromatic nitrogens is 1. The zero-order valence-corrected chi connectivity index (χ0v) is 14.7. The van der Waals surface area contributed by atoms with Gasteiger partial charge >= 0.3 is 0 Å². The Labute approximate surface area is 150 Å². The highest BCUT2D eigenvalue weighted by atomic mass is 19.1. The van der Waals surface area contributed by atoms with Gasteiger partial charge in [0.05, 0.1) is 11.6 Å². The highest BCUT2D eigenvalue weighted by molar-refractivity contribution is 6.10. The summed E-state index contributed by atoms with van der Waals surface area (Å²) in [4.78, 5) is 3.49. The molecule has 1 aliphatic carbocycles. The maximum atomic E-state index is 13.9. The number of fused-ring (bicyclic) bond motifs is 6. The molecular weight excluding hydrogens is 330 g/mol. The second-order valence-corrected chi connectivity index (χ2v) is 7.41. The molecule has 1 aliphatic heterocycles. The maximum Gasteiger partial charge on any atom is 0.123 e. The minimum atomic E-state index is -0.244. The zero-order valence-electron chi connectivity index (χ0n) is 14.7. The lowest BCUT2D eigenvalue weighted by molar-refractivity contribution is 0.630. The summed E-state index contributed by atoms with van der Waals surface area (Å²) in [5.74, 6) is -0.140. The third-order valence-electron chi connectivity index (χ3n) is 5.89. The lowest BCUT2D eigenvalue weighted by Crippen LogP contribution is -2.18. The molecule has 0 fully saturated rings. The Morgan fingerprint density at radius 3 is 2.81 bits per heavy atom. The average Bonchev–Trinajstić information content (AvgIpc) is 3.17. The van der Waals surface area contributed by atoms with E-state index in [9.17, 15) is 8.78 Å². The van der Waals surface area contributed by atoms with Crippen LogP contribution in [0.4, 0.5) is 14.5 Å². The lowest BCUT2D eigenvalue weighted by Gasteiger charge is -2.17. The summed E-state index contributed by atoms with van der Waals surface area (Å²) in [7, 11) is 0. The molecule has 2 nitrogen and oxygen atoms in total. The van der Waals surface area contributed by atoms with Gasteiger partial charge in [0, 0.05) is 33.5 Å². The molecule has 2 aliphatic rings. The van der Waals surface area contributed by atoms with Crippen LogP contribution in [0, 0.1) is 5.82 Å². The lowest BCUT2D eigenvalue weighted by atomic mass is 9.86. The molecule has 0 spiro atoms. The first-order valence-electron chi connectivity index (χ1n) is 9.16. The van der Waals surface area contributed by atoms with Crippen molar-refractivity contribution in [2.45, 2.75) is 38.1 Å². The summed E-state index contributed by atoms with van der Waals surface area (Å²) in [6.07, 6.45) is 6.10. The third kappa shape index (κ3) is 2.08. The van der Waals surface area contributed by atoms with Crippen molar-refractivity contribution >= 4 is 27.5 Å². The zero-order chi connectivity index (χ0) is 18.0. The number of allylic oxidation sites excluding steroid dienone is 2. The highest BCUT2D eigenvalue weighted by Gasteiger charge is 2.35. The fraction of sp³-hybridized carbons (Fsp3) is 0.273. The smallest absolute Gasteiger partial charge is 0.123 e.